The number of morpholine rings is 1. The van der Waals surface area contributed by atoms with Crippen molar-refractivity contribution in [1.29, 1.82) is 0 Å². The largest absolute Gasteiger partial charge is 0.478 e. The van der Waals surface area contributed by atoms with Gasteiger partial charge in [0.1, 0.15) is 0 Å². The lowest BCUT2D eigenvalue weighted by Gasteiger charge is -2.31. The highest BCUT2D eigenvalue weighted by Crippen LogP contribution is 2.09. The molecule has 2 amide bonds. The van der Waals surface area contributed by atoms with Gasteiger partial charge in [-0.3, -0.25) is 0 Å². The fraction of sp³-hybridized carbons (Fsp3) is 0.571. The second-order valence-electron chi connectivity index (χ2n) is 4.72. The smallest absolute Gasteiger partial charge is 0.317 e. The fourth-order valence-electron chi connectivity index (χ4n) is 2.08. The molecule has 1 atom stereocenters. The van der Waals surface area contributed by atoms with E-state index in [1.165, 1.54) is 0 Å². The number of pyridine rings is 1. The number of urea groups is 1. The third kappa shape index (κ3) is 4.09. The average molecular weight is 279 g/mol. The molecule has 1 aromatic heterocycles. The van der Waals surface area contributed by atoms with Gasteiger partial charge >= 0.3 is 6.03 Å². The van der Waals surface area contributed by atoms with Gasteiger partial charge < -0.3 is 19.7 Å². The monoisotopic (exact) mass is 279 g/mol. The number of nitrogens with zero attached hydrogens (tertiary/aromatic N) is 2. The van der Waals surface area contributed by atoms with E-state index in [-0.39, 0.29) is 12.1 Å². The molecular formula is C14H21N3O3. The molecule has 0 aliphatic carbocycles. The van der Waals surface area contributed by atoms with Gasteiger partial charge in [0.2, 0.25) is 5.88 Å². The van der Waals surface area contributed by atoms with Gasteiger partial charge in [-0.15, -0.1) is 0 Å². The minimum absolute atomic E-state index is 0.0603. The first-order valence-corrected chi connectivity index (χ1v) is 6.91. The number of carbonyl (C=O) groups is 1. The summed E-state index contributed by atoms with van der Waals surface area (Å²) in [5, 5.41) is 2.91. The third-order valence-corrected chi connectivity index (χ3v) is 3.06. The first-order chi connectivity index (χ1) is 9.69. The van der Waals surface area contributed by atoms with Crippen LogP contribution in [0.2, 0.25) is 0 Å². The van der Waals surface area contributed by atoms with Gasteiger partial charge in [0.15, 0.2) is 0 Å². The Kier molecular flexibility index (Phi) is 5.17. The van der Waals surface area contributed by atoms with Crippen molar-refractivity contribution in [2.75, 3.05) is 26.3 Å². The topological polar surface area (TPSA) is 63.7 Å². The molecule has 1 aliphatic heterocycles. The number of aromatic nitrogens is 1. The van der Waals surface area contributed by atoms with E-state index in [1.54, 1.807) is 11.1 Å². The lowest BCUT2D eigenvalue weighted by Crippen LogP contribution is -2.48. The summed E-state index contributed by atoms with van der Waals surface area (Å²) >= 11 is 0. The quantitative estimate of drug-likeness (QED) is 0.905. The Hall–Kier alpha value is -1.82. The van der Waals surface area contributed by atoms with Gasteiger partial charge in [0.05, 0.1) is 19.3 Å². The number of rotatable bonds is 4. The third-order valence-electron chi connectivity index (χ3n) is 3.06. The molecule has 20 heavy (non-hydrogen) atoms. The maximum atomic E-state index is 12.0. The molecule has 1 saturated heterocycles. The Bertz CT molecular complexity index is 453. The maximum absolute atomic E-state index is 12.0. The van der Waals surface area contributed by atoms with Crippen molar-refractivity contribution in [1.82, 2.24) is 15.2 Å². The summed E-state index contributed by atoms with van der Waals surface area (Å²) in [7, 11) is 0. The second-order valence-corrected chi connectivity index (χ2v) is 4.72. The van der Waals surface area contributed by atoms with Crippen molar-refractivity contribution < 1.29 is 14.3 Å². The molecule has 1 fully saturated rings. The van der Waals surface area contributed by atoms with Crippen LogP contribution >= 0.6 is 0 Å². The van der Waals surface area contributed by atoms with Crippen molar-refractivity contribution in [2.45, 2.75) is 26.5 Å². The van der Waals surface area contributed by atoms with Crippen LogP contribution in [0.15, 0.2) is 18.3 Å². The SMILES string of the molecule is CCOc1cc(CNC(=O)N2CCOC(C)C2)ccn1. The van der Waals surface area contributed by atoms with Crippen molar-refractivity contribution in [2.24, 2.45) is 0 Å². The molecule has 0 bridgehead atoms. The van der Waals surface area contributed by atoms with Crippen molar-refractivity contribution in [3.63, 3.8) is 0 Å². The highest BCUT2D eigenvalue weighted by atomic mass is 16.5. The predicted molar refractivity (Wildman–Crippen MR) is 74.6 cm³/mol. The second kappa shape index (κ2) is 7.09. The standard InChI is InChI=1S/C14H21N3O3/c1-3-19-13-8-12(4-5-15-13)9-16-14(18)17-6-7-20-11(2)10-17/h4-5,8,11H,3,6-7,9-10H2,1-2H3,(H,16,18). The molecule has 2 heterocycles. The summed E-state index contributed by atoms with van der Waals surface area (Å²) in [6.07, 6.45) is 1.78. The molecule has 0 aromatic carbocycles. The molecule has 1 aromatic rings. The van der Waals surface area contributed by atoms with Crippen LogP contribution in [0.5, 0.6) is 5.88 Å². The van der Waals surface area contributed by atoms with E-state index in [0.29, 0.717) is 38.7 Å². The zero-order valence-electron chi connectivity index (χ0n) is 12.0. The summed E-state index contributed by atoms with van der Waals surface area (Å²) in [5.74, 6) is 0.583. The van der Waals surface area contributed by atoms with Gasteiger partial charge in [-0.05, 0) is 25.5 Å². The van der Waals surface area contributed by atoms with E-state index in [9.17, 15) is 4.79 Å². The first kappa shape index (κ1) is 14.6. The minimum Gasteiger partial charge on any atom is -0.478 e. The summed E-state index contributed by atoms with van der Waals surface area (Å²) in [4.78, 5) is 17.9. The first-order valence-electron chi connectivity index (χ1n) is 6.91. The van der Waals surface area contributed by atoms with Crippen LogP contribution in [0.1, 0.15) is 19.4 Å². The maximum Gasteiger partial charge on any atom is 0.317 e. The van der Waals surface area contributed by atoms with E-state index < -0.39 is 0 Å². The van der Waals surface area contributed by atoms with Gasteiger partial charge in [-0.1, -0.05) is 0 Å². The fourth-order valence-corrected chi connectivity index (χ4v) is 2.08. The summed E-state index contributed by atoms with van der Waals surface area (Å²) in [6.45, 7) is 6.79. The van der Waals surface area contributed by atoms with Crippen LogP contribution in [0.4, 0.5) is 4.79 Å². The Balaban J connectivity index is 1.85. The molecule has 6 nitrogen and oxygen atoms in total. The number of ether oxygens (including phenoxy) is 2. The summed E-state index contributed by atoms with van der Waals surface area (Å²) in [6, 6.07) is 3.64. The molecule has 1 N–H and O–H groups in total. The lowest BCUT2D eigenvalue weighted by molar-refractivity contribution is -0.00351. The van der Waals surface area contributed by atoms with Crippen molar-refractivity contribution in [3.05, 3.63) is 23.9 Å². The van der Waals surface area contributed by atoms with Crippen LogP contribution in [0.3, 0.4) is 0 Å². The molecule has 2 rings (SSSR count). The predicted octanol–water partition coefficient (Wildman–Crippen LogP) is 1.41. The van der Waals surface area contributed by atoms with Gasteiger partial charge in [0.25, 0.3) is 0 Å². The van der Waals surface area contributed by atoms with E-state index in [2.05, 4.69) is 10.3 Å². The molecule has 6 heteroatoms. The average Bonchev–Trinajstić information content (AvgIpc) is 2.45. The zero-order chi connectivity index (χ0) is 14.4. The van der Waals surface area contributed by atoms with Gasteiger partial charge in [-0.2, -0.15) is 0 Å². The number of nitrogens with one attached hydrogen (secondary N) is 1. The molecule has 0 spiro atoms. The Morgan fingerprint density at radius 3 is 3.25 bits per heavy atom. The Morgan fingerprint density at radius 1 is 1.65 bits per heavy atom. The van der Waals surface area contributed by atoms with Gasteiger partial charge in [0, 0.05) is 31.9 Å². The lowest BCUT2D eigenvalue weighted by atomic mass is 10.2. The molecule has 1 aliphatic rings. The zero-order valence-corrected chi connectivity index (χ0v) is 12.0. The van der Waals surface area contributed by atoms with E-state index in [1.807, 2.05) is 26.0 Å². The van der Waals surface area contributed by atoms with E-state index >= 15 is 0 Å². The minimum atomic E-state index is -0.0603. The molecule has 0 saturated carbocycles. The van der Waals surface area contributed by atoms with Gasteiger partial charge in [-0.25, -0.2) is 9.78 Å². The Morgan fingerprint density at radius 2 is 2.50 bits per heavy atom. The summed E-state index contributed by atoms with van der Waals surface area (Å²) < 4.78 is 10.8. The van der Waals surface area contributed by atoms with Crippen LogP contribution < -0.4 is 10.1 Å². The number of hydrogen-bond acceptors (Lipinski definition) is 4. The highest BCUT2D eigenvalue weighted by Gasteiger charge is 2.20. The molecular weight excluding hydrogens is 258 g/mol. The molecule has 1 unspecified atom stereocenters. The van der Waals surface area contributed by atoms with Crippen molar-refractivity contribution >= 4 is 6.03 Å². The van der Waals surface area contributed by atoms with E-state index in [0.717, 1.165) is 5.56 Å². The number of hydrogen-bond donors (Lipinski definition) is 1. The number of carbonyl (C=O) groups excluding carboxylic acids is 1. The summed E-state index contributed by atoms with van der Waals surface area (Å²) in [5.41, 5.74) is 0.970. The molecule has 110 valence electrons. The van der Waals surface area contributed by atoms with Crippen LogP contribution in [0.25, 0.3) is 0 Å². The normalized spacial score (nSPS) is 18.7. The molecule has 0 radical (unpaired) electrons. The highest BCUT2D eigenvalue weighted by molar-refractivity contribution is 5.74. The Labute approximate surface area is 119 Å². The van der Waals surface area contributed by atoms with Crippen LogP contribution in [0, 0.1) is 0 Å². The number of amides is 2. The van der Waals surface area contributed by atoms with Crippen LogP contribution in [-0.4, -0.2) is 48.3 Å². The van der Waals surface area contributed by atoms with E-state index in [4.69, 9.17) is 9.47 Å². The van der Waals surface area contributed by atoms with Crippen molar-refractivity contribution in [3.8, 4) is 5.88 Å². The van der Waals surface area contributed by atoms with Crippen LogP contribution in [-0.2, 0) is 11.3 Å².